The van der Waals surface area contributed by atoms with Gasteiger partial charge in [0.25, 0.3) is 11.5 Å². The molecule has 23 heavy (non-hydrogen) atoms. The SMILES string of the molecule is Cc1ccc(C(=O)NCc2ncc(-c3ccccc3)o2)c(=O)[nH]1. The maximum atomic E-state index is 12.0. The van der Waals surface area contributed by atoms with Gasteiger partial charge in [-0.15, -0.1) is 0 Å². The number of carbonyl (C=O) groups excluding carboxylic acids is 1. The van der Waals surface area contributed by atoms with E-state index in [1.165, 1.54) is 6.07 Å². The van der Waals surface area contributed by atoms with Gasteiger partial charge in [-0.2, -0.15) is 0 Å². The molecule has 0 fully saturated rings. The molecule has 0 radical (unpaired) electrons. The maximum absolute atomic E-state index is 12.0. The average Bonchev–Trinajstić information content (AvgIpc) is 3.02. The number of hydrogen-bond donors (Lipinski definition) is 2. The van der Waals surface area contributed by atoms with Crippen LogP contribution < -0.4 is 10.9 Å². The summed E-state index contributed by atoms with van der Waals surface area (Å²) < 4.78 is 5.59. The maximum Gasteiger partial charge on any atom is 0.260 e. The van der Waals surface area contributed by atoms with Gasteiger partial charge in [0.1, 0.15) is 5.56 Å². The molecule has 2 N–H and O–H groups in total. The minimum absolute atomic E-state index is 0.0606. The molecule has 0 aliphatic rings. The summed E-state index contributed by atoms with van der Waals surface area (Å²) in [6.45, 7) is 1.86. The summed E-state index contributed by atoms with van der Waals surface area (Å²) in [6, 6.07) is 12.7. The van der Waals surface area contributed by atoms with Crippen LogP contribution in [0.15, 0.2) is 57.9 Å². The molecule has 2 aromatic heterocycles. The topological polar surface area (TPSA) is 88.0 Å². The first kappa shape index (κ1) is 14.8. The molecule has 0 spiro atoms. The Labute approximate surface area is 132 Å². The third kappa shape index (κ3) is 3.37. The quantitative estimate of drug-likeness (QED) is 0.774. The van der Waals surface area contributed by atoms with Crippen LogP contribution in [0.1, 0.15) is 21.9 Å². The molecule has 3 aromatic rings. The smallest absolute Gasteiger partial charge is 0.260 e. The molecule has 6 heteroatoms. The second-order valence-electron chi connectivity index (χ2n) is 5.05. The molecule has 0 unspecified atom stereocenters. The van der Waals surface area contributed by atoms with Gasteiger partial charge in [-0.25, -0.2) is 4.98 Å². The normalized spacial score (nSPS) is 10.5. The van der Waals surface area contributed by atoms with Gasteiger partial charge in [-0.1, -0.05) is 30.3 Å². The van der Waals surface area contributed by atoms with Crippen molar-refractivity contribution in [3.05, 3.63) is 76.2 Å². The van der Waals surface area contributed by atoms with E-state index < -0.39 is 11.5 Å². The Morgan fingerprint density at radius 3 is 2.74 bits per heavy atom. The lowest BCUT2D eigenvalue weighted by Gasteiger charge is -2.02. The van der Waals surface area contributed by atoms with Crippen LogP contribution in [0.5, 0.6) is 0 Å². The zero-order valence-electron chi connectivity index (χ0n) is 12.5. The molecule has 3 rings (SSSR count). The molecule has 2 heterocycles. The fourth-order valence-electron chi connectivity index (χ4n) is 2.13. The first-order chi connectivity index (χ1) is 11.1. The van der Waals surface area contributed by atoms with Crippen LogP contribution >= 0.6 is 0 Å². The Bertz CT molecular complexity index is 881. The lowest BCUT2D eigenvalue weighted by atomic mass is 10.2. The number of amides is 1. The van der Waals surface area contributed by atoms with Gasteiger partial charge in [0, 0.05) is 11.3 Å². The summed E-state index contributed by atoms with van der Waals surface area (Å²) in [5, 5.41) is 2.63. The van der Waals surface area contributed by atoms with Gasteiger partial charge < -0.3 is 14.7 Å². The lowest BCUT2D eigenvalue weighted by molar-refractivity contribution is 0.0946. The molecule has 0 aliphatic carbocycles. The molecular formula is C17H15N3O3. The Hall–Kier alpha value is -3.15. The second kappa shape index (κ2) is 6.31. The number of rotatable bonds is 4. The van der Waals surface area contributed by atoms with E-state index in [0.29, 0.717) is 17.3 Å². The van der Waals surface area contributed by atoms with Crippen LogP contribution in [0.25, 0.3) is 11.3 Å². The van der Waals surface area contributed by atoms with Gasteiger partial charge in [-0.05, 0) is 19.1 Å². The molecule has 1 amide bonds. The Balaban J connectivity index is 1.68. The predicted octanol–water partition coefficient (Wildman–Crippen LogP) is 2.27. The number of carbonyl (C=O) groups is 1. The number of H-pyrrole nitrogens is 1. The Morgan fingerprint density at radius 1 is 1.22 bits per heavy atom. The van der Waals surface area contributed by atoms with E-state index >= 15 is 0 Å². The molecule has 0 saturated carbocycles. The van der Waals surface area contributed by atoms with Crippen molar-refractivity contribution in [2.24, 2.45) is 0 Å². The number of hydrogen-bond acceptors (Lipinski definition) is 4. The zero-order chi connectivity index (χ0) is 16.2. The average molecular weight is 309 g/mol. The predicted molar refractivity (Wildman–Crippen MR) is 84.9 cm³/mol. The highest BCUT2D eigenvalue weighted by molar-refractivity contribution is 5.93. The lowest BCUT2D eigenvalue weighted by Crippen LogP contribution is -2.29. The number of aromatic nitrogens is 2. The standard InChI is InChI=1S/C17H15N3O3/c1-11-7-8-13(17(22)20-11)16(21)19-10-15-18-9-14(23-15)12-5-3-2-4-6-12/h2-9H,10H2,1H3,(H,19,21)(H,20,22). The van der Waals surface area contributed by atoms with Crippen LogP contribution in [-0.2, 0) is 6.54 Å². The summed E-state index contributed by atoms with van der Waals surface area (Å²) in [5.41, 5.74) is 1.25. The van der Waals surface area contributed by atoms with Gasteiger partial charge in [-0.3, -0.25) is 9.59 Å². The van der Waals surface area contributed by atoms with Crippen molar-refractivity contribution in [1.29, 1.82) is 0 Å². The first-order valence-electron chi connectivity index (χ1n) is 7.12. The van der Waals surface area contributed by atoms with Crippen molar-refractivity contribution < 1.29 is 9.21 Å². The summed E-state index contributed by atoms with van der Waals surface area (Å²) in [6.07, 6.45) is 1.61. The van der Waals surface area contributed by atoms with E-state index in [1.807, 2.05) is 30.3 Å². The van der Waals surface area contributed by atoms with E-state index in [4.69, 9.17) is 4.42 Å². The number of pyridine rings is 1. The summed E-state index contributed by atoms with van der Waals surface area (Å²) in [4.78, 5) is 30.5. The molecule has 0 saturated heterocycles. The van der Waals surface area contributed by atoms with Crippen molar-refractivity contribution in [2.75, 3.05) is 0 Å². The minimum Gasteiger partial charge on any atom is -0.439 e. The van der Waals surface area contributed by atoms with Crippen molar-refractivity contribution in [1.82, 2.24) is 15.3 Å². The third-order valence-corrected chi connectivity index (χ3v) is 3.31. The molecule has 1 aromatic carbocycles. The van der Waals surface area contributed by atoms with Crippen LogP contribution in [-0.4, -0.2) is 15.9 Å². The van der Waals surface area contributed by atoms with Gasteiger partial charge >= 0.3 is 0 Å². The van der Waals surface area contributed by atoms with Crippen LogP contribution in [0.2, 0.25) is 0 Å². The summed E-state index contributed by atoms with van der Waals surface area (Å²) >= 11 is 0. The highest BCUT2D eigenvalue weighted by atomic mass is 16.4. The molecule has 6 nitrogen and oxygen atoms in total. The molecular weight excluding hydrogens is 294 g/mol. The van der Waals surface area contributed by atoms with Gasteiger partial charge in [0.2, 0.25) is 5.89 Å². The first-order valence-corrected chi connectivity index (χ1v) is 7.12. The van der Waals surface area contributed by atoms with E-state index in [-0.39, 0.29) is 12.1 Å². The zero-order valence-corrected chi connectivity index (χ0v) is 12.5. The second-order valence-corrected chi connectivity index (χ2v) is 5.05. The van der Waals surface area contributed by atoms with Crippen LogP contribution in [0, 0.1) is 6.92 Å². The molecule has 116 valence electrons. The monoisotopic (exact) mass is 309 g/mol. The number of nitrogens with zero attached hydrogens (tertiary/aromatic N) is 1. The van der Waals surface area contributed by atoms with E-state index in [1.54, 1.807) is 19.2 Å². The van der Waals surface area contributed by atoms with Gasteiger partial charge in [0.05, 0.1) is 12.7 Å². The number of benzene rings is 1. The van der Waals surface area contributed by atoms with Gasteiger partial charge in [0.15, 0.2) is 5.76 Å². The number of nitrogens with one attached hydrogen (secondary N) is 2. The minimum atomic E-state index is -0.467. The summed E-state index contributed by atoms with van der Waals surface area (Å²) in [7, 11) is 0. The van der Waals surface area contributed by atoms with E-state index in [9.17, 15) is 9.59 Å². The molecule has 0 atom stereocenters. The third-order valence-electron chi connectivity index (χ3n) is 3.31. The van der Waals surface area contributed by atoms with Crippen molar-refractivity contribution in [3.8, 4) is 11.3 Å². The van der Waals surface area contributed by atoms with Crippen LogP contribution in [0.3, 0.4) is 0 Å². The number of aromatic amines is 1. The fraction of sp³-hybridized carbons (Fsp3) is 0.118. The van der Waals surface area contributed by atoms with Crippen molar-refractivity contribution in [3.63, 3.8) is 0 Å². The molecule has 0 aliphatic heterocycles. The van der Waals surface area contributed by atoms with Crippen molar-refractivity contribution in [2.45, 2.75) is 13.5 Å². The number of oxazole rings is 1. The van der Waals surface area contributed by atoms with Crippen molar-refractivity contribution >= 4 is 5.91 Å². The highest BCUT2D eigenvalue weighted by Gasteiger charge is 2.12. The Morgan fingerprint density at radius 2 is 2.00 bits per heavy atom. The fourth-order valence-corrected chi connectivity index (χ4v) is 2.13. The van der Waals surface area contributed by atoms with E-state index in [0.717, 1.165) is 5.56 Å². The highest BCUT2D eigenvalue weighted by Crippen LogP contribution is 2.19. The summed E-state index contributed by atoms with van der Waals surface area (Å²) in [5.74, 6) is 0.537. The number of aryl methyl sites for hydroxylation is 1. The van der Waals surface area contributed by atoms with E-state index in [2.05, 4.69) is 15.3 Å². The molecule has 0 bridgehead atoms. The Kier molecular flexibility index (Phi) is 4.05. The van der Waals surface area contributed by atoms with Crippen LogP contribution in [0.4, 0.5) is 0 Å². The largest absolute Gasteiger partial charge is 0.439 e.